The highest BCUT2D eigenvalue weighted by Gasteiger charge is 2.54. The maximum absolute atomic E-state index is 15.1. The molecule has 3 heterocycles. The van der Waals surface area contributed by atoms with Crippen molar-refractivity contribution in [3.63, 3.8) is 0 Å². The van der Waals surface area contributed by atoms with Gasteiger partial charge in [0.25, 0.3) is 5.91 Å². The van der Waals surface area contributed by atoms with Gasteiger partial charge in [-0.1, -0.05) is 62.7 Å². The van der Waals surface area contributed by atoms with Gasteiger partial charge in [0.2, 0.25) is 5.96 Å². The Morgan fingerprint density at radius 1 is 1.09 bits per heavy atom. The molecule has 0 radical (unpaired) electrons. The van der Waals surface area contributed by atoms with E-state index in [9.17, 15) is 36.6 Å². The molecule has 6 rings (SSSR count). The number of hydrogen-bond donors (Lipinski definition) is 3. The van der Waals surface area contributed by atoms with Crippen molar-refractivity contribution in [1.82, 2.24) is 45.3 Å². The number of carboxylic acid groups (broad SMARTS) is 1. The second-order valence-electron chi connectivity index (χ2n) is 14.6. The Hall–Kier alpha value is -5.66. The molecule has 0 spiro atoms. The van der Waals surface area contributed by atoms with Crippen molar-refractivity contribution in [3.05, 3.63) is 71.1 Å². The van der Waals surface area contributed by atoms with E-state index in [4.69, 9.17) is 21.3 Å². The van der Waals surface area contributed by atoms with E-state index in [2.05, 4.69) is 25.6 Å². The molecule has 0 bridgehead atoms. The summed E-state index contributed by atoms with van der Waals surface area (Å²) in [5.41, 5.74) is -0.912. The van der Waals surface area contributed by atoms with Crippen molar-refractivity contribution in [2.75, 3.05) is 6.61 Å². The number of ether oxygens (including phenoxy) is 1. The van der Waals surface area contributed by atoms with Crippen molar-refractivity contribution in [2.45, 2.75) is 83.3 Å². The van der Waals surface area contributed by atoms with Crippen molar-refractivity contribution in [2.24, 2.45) is 10.4 Å². The number of nitrogens with one attached hydrogen (secondary N) is 2. The molecule has 1 aliphatic heterocycles. The van der Waals surface area contributed by atoms with E-state index in [0.717, 1.165) is 24.1 Å². The lowest BCUT2D eigenvalue weighted by Gasteiger charge is -2.35. The second kappa shape index (κ2) is 15.1. The molecular formula is C35H36ClF5N10O5. The maximum Gasteiger partial charge on any atom is 0.411 e. The van der Waals surface area contributed by atoms with Gasteiger partial charge in [0.15, 0.2) is 11.4 Å². The zero-order chi connectivity index (χ0) is 40.7. The third kappa shape index (κ3) is 8.43. The van der Waals surface area contributed by atoms with Crippen LogP contribution in [0.1, 0.15) is 76.7 Å². The number of carbonyl (C=O) groups excluding carboxylic acids is 2. The van der Waals surface area contributed by atoms with Crippen LogP contribution in [0.15, 0.2) is 60.0 Å². The first kappa shape index (κ1) is 40.0. The van der Waals surface area contributed by atoms with Gasteiger partial charge in [-0.25, -0.2) is 19.6 Å². The largest absolute Gasteiger partial charge is 0.465 e. The average Bonchev–Trinajstić information content (AvgIpc) is 3.51. The van der Waals surface area contributed by atoms with E-state index in [1.807, 2.05) is 20.8 Å². The first-order valence-corrected chi connectivity index (χ1v) is 17.6. The minimum absolute atomic E-state index is 0.0118. The second-order valence-corrected chi connectivity index (χ2v) is 15.0. The van der Waals surface area contributed by atoms with Crippen molar-refractivity contribution < 1.29 is 46.2 Å². The zero-order valence-electron chi connectivity index (χ0n) is 30.3. The van der Waals surface area contributed by atoms with Gasteiger partial charge in [-0.3, -0.25) is 15.0 Å². The van der Waals surface area contributed by atoms with E-state index in [-0.39, 0.29) is 39.1 Å². The highest BCUT2D eigenvalue weighted by molar-refractivity contribution is 6.33. The quantitative estimate of drug-likeness (QED) is 0.133. The van der Waals surface area contributed by atoms with Crippen LogP contribution in [0.3, 0.4) is 0 Å². The standard InChI is InChI=1S/C35H36ClF5N10O5/c1-18(35(39,40)41)45-32(55)56-15-26(20-7-12-24(36)23(13-20)27-42-17-44-50(27)29(37)38)49-28(52)34(16-33(2,3)4,47-30(49)46-31(53)54)21-8-5-19(6-9-21)25-14-43-51(48-25)22-10-11-22/h5-9,12-14,17-18,22,26,29H,10-11,15-16H2,1-4H3,(H,45,55)(H,46,47)(H,53,54)/t18-,26+,34+/m0/s1. The Labute approximate surface area is 320 Å². The maximum atomic E-state index is 15.1. The van der Waals surface area contributed by atoms with Crippen LogP contribution in [0.4, 0.5) is 31.5 Å². The number of rotatable bonds is 11. The molecule has 15 nitrogen and oxygen atoms in total. The fourth-order valence-electron chi connectivity index (χ4n) is 6.31. The van der Waals surface area contributed by atoms with Gasteiger partial charge in [-0.15, -0.1) is 0 Å². The van der Waals surface area contributed by atoms with Crippen LogP contribution in [-0.2, 0) is 15.1 Å². The number of alkyl carbamates (subject to hydrolysis) is 1. The number of nitrogens with zero attached hydrogens (tertiary/aromatic N) is 8. The number of aromatic nitrogens is 6. The minimum Gasteiger partial charge on any atom is -0.465 e. The third-order valence-electron chi connectivity index (χ3n) is 9.03. The van der Waals surface area contributed by atoms with Crippen LogP contribution in [-0.4, -0.2) is 82.6 Å². The number of hydrogen-bond acceptors (Lipinski definition) is 9. The summed E-state index contributed by atoms with van der Waals surface area (Å²) in [6.45, 7) is 2.20. The average molecular weight is 807 g/mol. The molecule has 4 aromatic rings. The number of halogens is 6. The van der Waals surface area contributed by atoms with E-state index in [1.54, 1.807) is 40.6 Å². The predicted octanol–water partition coefficient (Wildman–Crippen LogP) is 7.10. The summed E-state index contributed by atoms with van der Waals surface area (Å²) in [5.74, 6) is -1.69. The molecule has 1 saturated carbocycles. The summed E-state index contributed by atoms with van der Waals surface area (Å²) in [4.78, 5) is 51.3. The summed E-state index contributed by atoms with van der Waals surface area (Å²) in [7, 11) is 0. The Balaban J connectivity index is 1.45. The topological polar surface area (TPSA) is 182 Å². The number of aliphatic imine (C=N–C) groups is 1. The van der Waals surface area contributed by atoms with Gasteiger partial charge in [0.05, 0.1) is 23.3 Å². The molecule has 298 valence electrons. The van der Waals surface area contributed by atoms with Crippen molar-refractivity contribution >= 4 is 35.7 Å². The first-order chi connectivity index (χ1) is 26.3. The highest BCUT2D eigenvalue weighted by atomic mass is 35.5. The minimum atomic E-state index is -4.82. The van der Waals surface area contributed by atoms with Crippen LogP contribution in [0.5, 0.6) is 0 Å². The van der Waals surface area contributed by atoms with E-state index >= 15 is 4.79 Å². The first-order valence-electron chi connectivity index (χ1n) is 17.2. The fraction of sp³-hybridized carbons (Fsp3) is 0.429. The Kier molecular flexibility index (Phi) is 10.8. The fourth-order valence-corrected chi connectivity index (χ4v) is 6.51. The lowest BCUT2D eigenvalue weighted by Crippen LogP contribution is -2.50. The predicted molar refractivity (Wildman–Crippen MR) is 189 cm³/mol. The summed E-state index contributed by atoms with van der Waals surface area (Å²) >= 11 is 6.43. The summed E-state index contributed by atoms with van der Waals surface area (Å²) in [5, 5.41) is 26.1. The van der Waals surface area contributed by atoms with Crippen LogP contribution in [0.25, 0.3) is 22.6 Å². The van der Waals surface area contributed by atoms with E-state index < -0.39 is 66.4 Å². The molecule has 0 unspecified atom stereocenters. The normalized spacial score (nSPS) is 18.5. The molecule has 56 heavy (non-hydrogen) atoms. The van der Waals surface area contributed by atoms with Crippen molar-refractivity contribution in [1.29, 1.82) is 0 Å². The molecule has 3 N–H and O–H groups in total. The SMILES string of the molecule is C[C@H](NC(=O)OC[C@H](c1ccc(Cl)c(-c2ncnn2C(F)F)c1)N1C(=O)[C@@](CC(C)(C)C)(c2ccc(-c3cnn(C4CC4)n3)cc2)N=C1NC(=O)O)C(F)(F)F. The van der Waals surface area contributed by atoms with Crippen LogP contribution < -0.4 is 10.6 Å². The lowest BCUT2D eigenvalue weighted by atomic mass is 9.75. The summed E-state index contributed by atoms with van der Waals surface area (Å²) in [6.07, 6.45) is -3.52. The molecule has 21 heteroatoms. The van der Waals surface area contributed by atoms with Gasteiger partial charge >= 0.3 is 24.9 Å². The molecule has 2 aromatic heterocycles. The molecule has 3 amide bonds. The lowest BCUT2D eigenvalue weighted by molar-refractivity contribution is -0.150. The smallest absolute Gasteiger partial charge is 0.411 e. The molecule has 2 aromatic carbocycles. The van der Waals surface area contributed by atoms with Gasteiger partial charge < -0.3 is 15.2 Å². The van der Waals surface area contributed by atoms with Gasteiger partial charge in [0.1, 0.15) is 24.7 Å². The molecule has 0 saturated heterocycles. The molecule has 2 aliphatic rings. The number of amides is 3. The van der Waals surface area contributed by atoms with Gasteiger partial charge in [0, 0.05) is 11.1 Å². The van der Waals surface area contributed by atoms with Crippen LogP contribution in [0, 0.1) is 5.41 Å². The third-order valence-corrected chi connectivity index (χ3v) is 9.36. The van der Waals surface area contributed by atoms with E-state index in [1.165, 1.54) is 18.2 Å². The van der Waals surface area contributed by atoms with Crippen LogP contribution in [0.2, 0.25) is 5.02 Å². The molecule has 1 fully saturated rings. The Morgan fingerprint density at radius 2 is 1.79 bits per heavy atom. The Bertz CT molecular complexity index is 2150. The van der Waals surface area contributed by atoms with Crippen molar-refractivity contribution in [3.8, 4) is 22.6 Å². The number of guanidine groups is 1. The summed E-state index contributed by atoms with van der Waals surface area (Å²) < 4.78 is 73.2. The number of carbonyl (C=O) groups is 3. The number of benzene rings is 2. The number of alkyl halides is 5. The van der Waals surface area contributed by atoms with Gasteiger partial charge in [-0.2, -0.15) is 46.7 Å². The van der Waals surface area contributed by atoms with Crippen LogP contribution >= 0.6 is 11.6 Å². The zero-order valence-corrected chi connectivity index (χ0v) is 31.0. The monoisotopic (exact) mass is 806 g/mol. The molecule has 3 atom stereocenters. The Morgan fingerprint density at radius 3 is 2.39 bits per heavy atom. The van der Waals surface area contributed by atoms with E-state index in [0.29, 0.717) is 23.7 Å². The molecule has 1 aliphatic carbocycles. The summed E-state index contributed by atoms with van der Waals surface area (Å²) in [6, 6.07) is 6.98. The molecular weight excluding hydrogens is 771 g/mol. The highest BCUT2D eigenvalue weighted by Crippen LogP contribution is 2.46. The van der Waals surface area contributed by atoms with Gasteiger partial charge in [-0.05, 0) is 54.9 Å².